The third-order valence-electron chi connectivity index (χ3n) is 4.05. The fourth-order valence-electron chi connectivity index (χ4n) is 2.82. The van der Waals surface area contributed by atoms with E-state index in [1.165, 1.54) is 12.1 Å². The van der Waals surface area contributed by atoms with Crippen LogP contribution in [0.15, 0.2) is 65.6 Å². The smallest absolute Gasteiger partial charge is 0.225 e. The maximum absolute atomic E-state index is 14.0. The van der Waals surface area contributed by atoms with E-state index in [4.69, 9.17) is 17.4 Å². The Balaban J connectivity index is 1.92. The predicted molar refractivity (Wildman–Crippen MR) is 101 cm³/mol. The minimum absolute atomic E-state index is 0.00723. The second kappa shape index (κ2) is 6.63. The van der Waals surface area contributed by atoms with Gasteiger partial charge in [-0.3, -0.25) is 0 Å². The summed E-state index contributed by atoms with van der Waals surface area (Å²) in [6.07, 6.45) is 5.65. The number of benzene rings is 2. The first-order chi connectivity index (χ1) is 11.8. The number of primary sulfonamides is 1. The first kappa shape index (κ1) is 17.7. The van der Waals surface area contributed by atoms with E-state index in [1.807, 2.05) is 43.4 Å². The lowest BCUT2D eigenvalue weighted by Crippen LogP contribution is -2.14. The van der Waals surface area contributed by atoms with Crippen molar-refractivity contribution in [3.8, 4) is 0 Å². The van der Waals surface area contributed by atoms with Gasteiger partial charge in [-0.05, 0) is 41.8 Å². The molecule has 128 valence electrons. The highest BCUT2D eigenvalue weighted by Gasteiger charge is 2.19. The molecule has 0 bridgehead atoms. The van der Waals surface area contributed by atoms with Crippen LogP contribution in [0, 0.1) is 12.7 Å². The molecule has 6 heteroatoms. The molecule has 1 aliphatic rings. The fraction of sp³-hybridized carbons (Fsp3) is 0.105. The largest absolute Gasteiger partial charge is 0.240 e. The van der Waals surface area contributed by atoms with Crippen LogP contribution >= 0.6 is 12.2 Å². The molecule has 1 aliphatic carbocycles. The molecule has 0 spiro atoms. The molecule has 0 heterocycles. The Kier molecular flexibility index (Phi) is 4.69. The van der Waals surface area contributed by atoms with Crippen LogP contribution in [0.25, 0.3) is 5.57 Å². The molecule has 1 unspecified atom stereocenters. The Hall–Kier alpha value is -2.15. The molecule has 3 nitrogen and oxygen atoms in total. The van der Waals surface area contributed by atoms with Crippen LogP contribution in [0.2, 0.25) is 0 Å². The fourth-order valence-corrected chi connectivity index (χ4v) is 3.75. The molecular formula is C19H16FNO2S2. The van der Waals surface area contributed by atoms with Crippen molar-refractivity contribution >= 4 is 32.7 Å². The summed E-state index contributed by atoms with van der Waals surface area (Å²) < 4.78 is 36.7. The van der Waals surface area contributed by atoms with E-state index < -0.39 is 20.7 Å². The van der Waals surface area contributed by atoms with Crippen molar-refractivity contribution in [1.82, 2.24) is 0 Å². The number of allylic oxidation sites excluding steroid dienone is 4. The van der Waals surface area contributed by atoms with E-state index in [9.17, 15) is 12.8 Å². The summed E-state index contributed by atoms with van der Waals surface area (Å²) in [6, 6.07) is 12.0. The SMILES string of the molecule is Cc1cccc(C2C=CC(c3ccc(S(N)(=O)=O)c(F)c3)=CC2=S)c1. The number of hydrogen-bond acceptors (Lipinski definition) is 3. The normalized spacial score (nSPS) is 17.5. The van der Waals surface area contributed by atoms with Gasteiger partial charge in [0, 0.05) is 10.8 Å². The highest BCUT2D eigenvalue weighted by Crippen LogP contribution is 2.30. The molecule has 0 saturated heterocycles. The van der Waals surface area contributed by atoms with Crippen molar-refractivity contribution in [3.05, 3.63) is 83.2 Å². The van der Waals surface area contributed by atoms with Gasteiger partial charge in [0.2, 0.25) is 10.0 Å². The monoisotopic (exact) mass is 373 g/mol. The molecule has 1 atom stereocenters. The topological polar surface area (TPSA) is 60.2 Å². The first-order valence-corrected chi connectivity index (χ1v) is 9.54. The third kappa shape index (κ3) is 3.76. The summed E-state index contributed by atoms with van der Waals surface area (Å²) in [7, 11) is -4.08. The number of thiocarbonyl (C=S) groups is 1. The zero-order chi connectivity index (χ0) is 18.2. The van der Waals surface area contributed by atoms with Crippen molar-refractivity contribution in [3.63, 3.8) is 0 Å². The number of halogens is 1. The summed E-state index contributed by atoms with van der Waals surface area (Å²) in [5.74, 6) is -0.881. The van der Waals surface area contributed by atoms with E-state index in [1.54, 1.807) is 0 Å². The third-order valence-corrected chi connectivity index (χ3v) is 5.36. The van der Waals surface area contributed by atoms with Gasteiger partial charge in [0.05, 0.1) is 0 Å². The van der Waals surface area contributed by atoms with E-state index in [-0.39, 0.29) is 5.92 Å². The molecule has 2 aromatic rings. The predicted octanol–water partition coefficient (Wildman–Crippen LogP) is 3.89. The number of sulfonamides is 1. The molecular weight excluding hydrogens is 357 g/mol. The van der Waals surface area contributed by atoms with Gasteiger partial charge in [-0.2, -0.15) is 0 Å². The molecule has 0 aromatic heterocycles. The molecule has 2 N–H and O–H groups in total. The number of hydrogen-bond donors (Lipinski definition) is 1. The lowest BCUT2D eigenvalue weighted by molar-refractivity contribution is 0.568. The zero-order valence-corrected chi connectivity index (χ0v) is 15.1. The van der Waals surface area contributed by atoms with Crippen molar-refractivity contribution in [1.29, 1.82) is 0 Å². The second-order valence-corrected chi connectivity index (χ2v) is 7.94. The lowest BCUT2D eigenvalue weighted by Gasteiger charge is -2.19. The summed E-state index contributed by atoms with van der Waals surface area (Å²) in [5, 5.41) is 4.99. The molecule has 0 saturated carbocycles. The number of nitrogens with two attached hydrogens (primary N) is 1. The number of aryl methyl sites for hydroxylation is 1. The van der Waals surface area contributed by atoms with Crippen LogP contribution in [0.3, 0.4) is 0 Å². The number of rotatable bonds is 3. The van der Waals surface area contributed by atoms with Crippen LogP contribution in [0.4, 0.5) is 4.39 Å². The molecule has 0 amide bonds. The molecule has 3 rings (SSSR count). The summed E-state index contributed by atoms with van der Waals surface area (Å²) in [4.78, 5) is 0.205. The van der Waals surface area contributed by atoms with Crippen molar-refractivity contribution in [2.24, 2.45) is 5.14 Å². The van der Waals surface area contributed by atoms with E-state index in [0.717, 1.165) is 27.6 Å². The average Bonchev–Trinajstić information content (AvgIpc) is 2.53. The molecule has 2 aromatic carbocycles. The van der Waals surface area contributed by atoms with Gasteiger partial charge in [-0.1, -0.05) is 60.3 Å². The molecule has 0 radical (unpaired) electrons. The summed E-state index contributed by atoms with van der Waals surface area (Å²) in [6.45, 7) is 2.02. The maximum atomic E-state index is 14.0. The van der Waals surface area contributed by atoms with Gasteiger partial charge >= 0.3 is 0 Å². The molecule has 0 fully saturated rings. The van der Waals surface area contributed by atoms with Gasteiger partial charge in [-0.25, -0.2) is 17.9 Å². The Morgan fingerprint density at radius 3 is 2.52 bits per heavy atom. The summed E-state index contributed by atoms with van der Waals surface area (Å²) >= 11 is 5.51. The lowest BCUT2D eigenvalue weighted by atomic mass is 9.87. The van der Waals surface area contributed by atoms with Crippen LogP contribution in [-0.4, -0.2) is 13.3 Å². The van der Waals surface area contributed by atoms with Gasteiger partial charge < -0.3 is 0 Å². The Morgan fingerprint density at radius 1 is 1.16 bits per heavy atom. The minimum Gasteiger partial charge on any atom is -0.225 e. The van der Waals surface area contributed by atoms with Gasteiger partial charge in [0.25, 0.3) is 0 Å². The summed E-state index contributed by atoms with van der Waals surface area (Å²) in [5.41, 5.74) is 3.54. The van der Waals surface area contributed by atoms with Gasteiger partial charge in [0.15, 0.2) is 0 Å². The average molecular weight is 373 g/mol. The Bertz CT molecular complexity index is 1020. The quantitative estimate of drug-likeness (QED) is 0.831. The van der Waals surface area contributed by atoms with E-state index in [2.05, 4.69) is 6.07 Å². The Labute approximate surface area is 151 Å². The van der Waals surface area contributed by atoms with Crippen molar-refractivity contribution in [2.45, 2.75) is 17.7 Å². The van der Waals surface area contributed by atoms with Crippen molar-refractivity contribution < 1.29 is 12.8 Å². The van der Waals surface area contributed by atoms with Gasteiger partial charge in [0.1, 0.15) is 10.7 Å². The van der Waals surface area contributed by atoms with Crippen LogP contribution < -0.4 is 5.14 Å². The van der Waals surface area contributed by atoms with Gasteiger partial charge in [-0.15, -0.1) is 0 Å². The van der Waals surface area contributed by atoms with Crippen molar-refractivity contribution in [2.75, 3.05) is 0 Å². The first-order valence-electron chi connectivity index (χ1n) is 7.59. The highest BCUT2D eigenvalue weighted by molar-refractivity contribution is 7.89. The molecule has 25 heavy (non-hydrogen) atoms. The molecule has 0 aliphatic heterocycles. The highest BCUT2D eigenvalue weighted by atomic mass is 32.2. The van der Waals surface area contributed by atoms with E-state index in [0.29, 0.717) is 5.56 Å². The van der Waals surface area contributed by atoms with Crippen LogP contribution in [-0.2, 0) is 10.0 Å². The van der Waals surface area contributed by atoms with Crippen LogP contribution in [0.5, 0.6) is 0 Å². The van der Waals surface area contributed by atoms with E-state index >= 15 is 0 Å². The van der Waals surface area contributed by atoms with Crippen LogP contribution in [0.1, 0.15) is 22.6 Å². The minimum atomic E-state index is -4.08. The second-order valence-electron chi connectivity index (χ2n) is 5.94. The maximum Gasteiger partial charge on any atom is 0.240 e. The standard InChI is InChI=1S/C19H16FNO2S2/c1-12-3-2-4-15(9-12)16-7-5-14(11-18(16)24)13-6-8-19(17(20)10-13)25(21,22)23/h2-11,16H,1H3,(H2,21,22,23). The zero-order valence-electron chi connectivity index (χ0n) is 13.4. The Morgan fingerprint density at radius 2 is 1.92 bits per heavy atom.